The van der Waals surface area contributed by atoms with E-state index < -0.39 is 0 Å². The van der Waals surface area contributed by atoms with Crippen LogP contribution in [0.3, 0.4) is 0 Å². The summed E-state index contributed by atoms with van der Waals surface area (Å²) in [6.07, 6.45) is 2.15. The maximum absolute atomic E-state index is 12.2. The first-order valence-corrected chi connectivity index (χ1v) is 6.66. The lowest BCUT2D eigenvalue weighted by atomic mass is 9.99. The van der Waals surface area contributed by atoms with Crippen LogP contribution < -0.4 is 11.1 Å². The van der Waals surface area contributed by atoms with Crippen molar-refractivity contribution in [3.05, 3.63) is 4.88 Å². The van der Waals surface area contributed by atoms with Gasteiger partial charge in [0.15, 0.2) is 5.13 Å². The van der Waals surface area contributed by atoms with E-state index in [1.54, 1.807) is 7.05 Å². The number of piperidine rings is 1. The van der Waals surface area contributed by atoms with Gasteiger partial charge in [-0.15, -0.1) is 0 Å². The molecule has 17 heavy (non-hydrogen) atoms. The molecule has 94 valence electrons. The lowest BCUT2D eigenvalue weighted by molar-refractivity contribution is 0.0703. The fourth-order valence-corrected chi connectivity index (χ4v) is 2.75. The molecule has 0 aromatic carbocycles. The number of nitrogen functional groups attached to an aromatic ring is 1. The zero-order valence-corrected chi connectivity index (χ0v) is 11.0. The highest BCUT2D eigenvalue weighted by atomic mass is 32.1. The zero-order chi connectivity index (χ0) is 12.4. The summed E-state index contributed by atoms with van der Waals surface area (Å²) in [5.41, 5.74) is 5.76. The number of carbonyl (C=O) groups is 1. The first-order valence-electron chi connectivity index (χ1n) is 5.85. The second-order valence-corrected chi connectivity index (χ2v) is 5.46. The van der Waals surface area contributed by atoms with Crippen molar-refractivity contribution >= 4 is 28.2 Å². The van der Waals surface area contributed by atoms with Crippen molar-refractivity contribution in [3.8, 4) is 0 Å². The molecule has 1 amide bonds. The van der Waals surface area contributed by atoms with Gasteiger partial charge in [-0.2, -0.15) is 0 Å². The average molecular weight is 254 g/mol. The van der Waals surface area contributed by atoms with E-state index in [0.29, 0.717) is 21.7 Å². The standard InChI is InChI=1S/C11H18N4OS/c1-7-3-5-15(6-4-7)10(16)8-9(12)14-11(13-2)17-8/h7H,3-6,12H2,1-2H3,(H,13,14). The van der Waals surface area contributed by atoms with Crippen LogP contribution in [0, 0.1) is 5.92 Å². The average Bonchev–Trinajstić information content (AvgIpc) is 2.71. The van der Waals surface area contributed by atoms with Gasteiger partial charge >= 0.3 is 0 Å². The minimum absolute atomic E-state index is 0.0217. The Morgan fingerprint density at radius 1 is 1.53 bits per heavy atom. The smallest absolute Gasteiger partial charge is 0.267 e. The third-order valence-electron chi connectivity index (χ3n) is 3.13. The summed E-state index contributed by atoms with van der Waals surface area (Å²) in [6.45, 7) is 3.88. The highest BCUT2D eigenvalue weighted by Gasteiger charge is 2.25. The molecule has 2 heterocycles. The summed E-state index contributed by atoms with van der Waals surface area (Å²) in [6, 6.07) is 0. The number of hydrogen-bond donors (Lipinski definition) is 2. The van der Waals surface area contributed by atoms with Gasteiger partial charge in [0.25, 0.3) is 5.91 Å². The molecule has 1 saturated heterocycles. The molecule has 0 bridgehead atoms. The fourth-order valence-electron chi connectivity index (χ4n) is 1.95. The monoisotopic (exact) mass is 254 g/mol. The molecule has 6 heteroatoms. The number of likely N-dealkylation sites (tertiary alicyclic amines) is 1. The lowest BCUT2D eigenvalue weighted by Crippen LogP contribution is -2.37. The normalized spacial score (nSPS) is 17.2. The first kappa shape index (κ1) is 12.2. The van der Waals surface area contributed by atoms with Gasteiger partial charge < -0.3 is 16.0 Å². The predicted molar refractivity (Wildman–Crippen MR) is 70.4 cm³/mol. The molecular weight excluding hydrogens is 236 g/mol. The number of nitrogens with zero attached hydrogens (tertiary/aromatic N) is 2. The number of nitrogens with two attached hydrogens (primary N) is 1. The number of amides is 1. The molecule has 1 aromatic rings. The van der Waals surface area contributed by atoms with Crippen molar-refractivity contribution in [2.24, 2.45) is 5.92 Å². The highest BCUT2D eigenvalue weighted by molar-refractivity contribution is 7.18. The molecule has 1 aliphatic rings. The van der Waals surface area contributed by atoms with E-state index >= 15 is 0 Å². The number of carbonyl (C=O) groups excluding carboxylic acids is 1. The second kappa shape index (κ2) is 4.91. The van der Waals surface area contributed by atoms with Gasteiger partial charge in [-0.1, -0.05) is 18.3 Å². The first-order chi connectivity index (χ1) is 8.11. The summed E-state index contributed by atoms with van der Waals surface area (Å²) in [5.74, 6) is 1.07. The summed E-state index contributed by atoms with van der Waals surface area (Å²) < 4.78 is 0. The molecule has 0 spiro atoms. The largest absolute Gasteiger partial charge is 0.382 e. The molecule has 1 aromatic heterocycles. The van der Waals surface area contributed by atoms with Gasteiger partial charge in [0.05, 0.1) is 0 Å². The molecular formula is C11H18N4OS. The van der Waals surface area contributed by atoms with Crippen molar-refractivity contribution in [1.82, 2.24) is 9.88 Å². The maximum Gasteiger partial charge on any atom is 0.267 e. The Morgan fingerprint density at radius 2 is 2.18 bits per heavy atom. The van der Waals surface area contributed by atoms with Crippen LogP contribution in [0.5, 0.6) is 0 Å². The second-order valence-electron chi connectivity index (χ2n) is 4.46. The number of aromatic nitrogens is 1. The Labute approximate surface area is 105 Å². The third kappa shape index (κ3) is 2.52. The van der Waals surface area contributed by atoms with Gasteiger partial charge in [-0.25, -0.2) is 4.98 Å². The molecule has 0 aliphatic carbocycles. The van der Waals surface area contributed by atoms with Crippen LogP contribution in [-0.2, 0) is 0 Å². The van der Waals surface area contributed by atoms with E-state index in [2.05, 4.69) is 17.2 Å². The molecule has 5 nitrogen and oxygen atoms in total. The minimum Gasteiger partial charge on any atom is -0.382 e. The van der Waals surface area contributed by atoms with Crippen LogP contribution >= 0.6 is 11.3 Å². The summed E-state index contributed by atoms with van der Waals surface area (Å²) in [4.78, 5) is 18.8. The van der Waals surface area contributed by atoms with E-state index in [9.17, 15) is 4.79 Å². The number of thiazole rings is 1. The maximum atomic E-state index is 12.2. The van der Waals surface area contributed by atoms with Crippen LogP contribution in [0.2, 0.25) is 0 Å². The molecule has 0 radical (unpaired) electrons. The Hall–Kier alpha value is -1.30. The van der Waals surface area contributed by atoms with Crippen LogP contribution in [-0.4, -0.2) is 35.9 Å². The Bertz CT molecular complexity index is 410. The number of rotatable bonds is 2. The zero-order valence-electron chi connectivity index (χ0n) is 10.2. The molecule has 1 fully saturated rings. The summed E-state index contributed by atoms with van der Waals surface area (Å²) in [7, 11) is 1.77. The molecule has 0 unspecified atom stereocenters. The topological polar surface area (TPSA) is 71.2 Å². The Kier molecular flexibility index (Phi) is 3.51. The van der Waals surface area contributed by atoms with Gasteiger partial charge in [-0.05, 0) is 18.8 Å². The summed E-state index contributed by atoms with van der Waals surface area (Å²) in [5, 5.41) is 3.60. The van der Waals surface area contributed by atoms with Crippen molar-refractivity contribution in [3.63, 3.8) is 0 Å². The van der Waals surface area contributed by atoms with Crippen molar-refractivity contribution < 1.29 is 4.79 Å². The molecule has 1 aliphatic heterocycles. The van der Waals surface area contributed by atoms with E-state index in [-0.39, 0.29) is 5.91 Å². The van der Waals surface area contributed by atoms with Gasteiger partial charge in [-0.3, -0.25) is 4.79 Å². The highest BCUT2D eigenvalue weighted by Crippen LogP contribution is 2.27. The third-order valence-corrected chi connectivity index (χ3v) is 4.21. The number of nitrogens with one attached hydrogen (secondary N) is 1. The molecule has 2 rings (SSSR count). The van der Waals surface area contributed by atoms with Gasteiger partial charge in [0, 0.05) is 20.1 Å². The van der Waals surface area contributed by atoms with E-state index in [1.807, 2.05) is 4.90 Å². The minimum atomic E-state index is 0.0217. The van der Waals surface area contributed by atoms with Crippen molar-refractivity contribution in [2.45, 2.75) is 19.8 Å². The van der Waals surface area contributed by atoms with E-state index in [1.165, 1.54) is 11.3 Å². The van der Waals surface area contributed by atoms with Crippen LogP contribution in [0.15, 0.2) is 0 Å². The van der Waals surface area contributed by atoms with Crippen molar-refractivity contribution in [1.29, 1.82) is 0 Å². The van der Waals surface area contributed by atoms with Crippen LogP contribution in [0.4, 0.5) is 10.9 Å². The fraction of sp³-hybridized carbons (Fsp3) is 0.636. The predicted octanol–water partition coefficient (Wildman–Crippen LogP) is 1.64. The lowest BCUT2D eigenvalue weighted by Gasteiger charge is -2.29. The molecule has 3 N–H and O–H groups in total. The van der Waals surface area contributed by atoms with Gasteiger partial charge in [0.2, 0.25) is 0 Å². The van der Waals surface area contributed by atoms with E-state index in [0.717, 1.165) is 25.9 Å². The summed E-state index contributed by atoms with van der Waals surface area (Å²) >= 11 is 1.32. The van der Waals surface area contributed by atoms with Crippen LogP contribution in [0.25, 0.3) is 0 Å². The number of anilines is 2. The van der Waals surface area contributed by atoms with E-state index in [4.69, 9.17) is 5.73 Å². The van der Waals surface area contributed by atoms with Gasteiger partial charge in [0.1, 0.15) is 10.7 Å². The molecule has 0 atom stereocenters. The Morgan fingerprint density at radius 3 is 2.71 bits per heavy atom. The quantitative estimate of drug-likeness (QED) is 0.841. The Balaban J connectivity index is 2.11. The number of hydrogen-bond acceptors (Lipinski definition) is 5. The van der Waals surface area contributed by atoms with Crippen LogP contribution in [0.1, 0.15) is 29.4 Å². The van der Waals surface area contributed by atoms with Crippen molar-refractivity contribution in [2.75, 3.05) is 31.2 Å². The molecule has 0 saturated carbocycles. The SMILES string of the molecule is CNc1nc(N)c(C(=O)N2CCC(C)CC2)s1.